The van der Waals surface area contributed by atoms with Crippen molar-refractivity contribution in [3.63, 3.8) is 0 Å². The quantitative estimate of drug-likeness (QED) is 0.599. The van der Waals surface area contributed by atoms with E-state index in [1.54, 1.807) is 7.11 Å². The number of nitrogens with one attached hydrogen (secondary N) is 1. The van der Waals surface area contributed by atoms with Gasteiger partial charge in [0.15, 0.2) is 5.82 Å². The van der Waals surface area contributed by atoms with E-state index in [1.807, 2.05) is 35.9 Å². The van der Waals surface area contributed by atoms with Gasteiger partial charge in [-0.1, -0.05) is 0 Å². The molecule has 1 amide bonds. The van der Waals surface area contributed by atoms with E-state index in [0.717, 1.165) is 84.9 Å². The van der Waals surface area contributed by atoms with Crippen LogP contribution in [-0.2, 0) is 9.53 Å². The number of fused-ring (bicyclic) bond motifs is 1. The molecule has 0 spiro atoms. The summed E-state index contributed by atoms with van der Waals surface area (Å²) in [7, 11) is 1.66. The molecule has 3 aromatic rings. The van der Waals surface area contributed by atoms with Gasteiger partial charge in [-0.15, -0.1) is 5.10 Å². The van der Waals surface area contributed by atoms with Crippen LogP contribution in [0.15, 0.2) is 24.3 Å². The number of hydrogen-bond donors (Lipinski definition) is 1. The summed E-state index contributed by atoms with van der Waals surface area (Å²) >= 11 is 0. The molecule has 4 heterocycles. The number of piperidine rings is 1. The lowest BCUT2D eigenvalue weighted by atomic mass is 9.95. The number of carbonyl (C=O) groups is 1. The Morgan fingerprint density at radius 1 is 1.15 bits per heavy atom. The van der Waals surface area contributed by atoms with Crippen LogP contribution in [0.4, 0.5) is 5.82 Å². The minimum Gasteiger partial charge on any atom is -0.497 e. The Hall–Kier alpha value is -3.20. The zero-order valence-electron chi connectivity index (χ0n) is 20.1. The highest BCUT2D eigenvalue weighted by Gasteiger charge is 2.29. The summed E-state index contributed by atoms with van der Waals surface area (Å²) in [6.45, 7) is 6.95. The van der Waals surface area contributed by atoms with Gasteiger partial charge < -0.3 is 19.7 Å². The van der Waals surface area contributed by atoms with Gasteiger partial charge in [0.2, 0.25) is 5.91 Å². The van der Waals surface area contributed by atoms with Crippen molar-refractivity contribution in [3.05, 3.63) is 35.7 Å². The van der Waals surface area contributed by atoms with E-state index < -0.39 is 0 Å². The summed E-state index contributed by atoms with van der Waals surface area (Å²) < 4.78 is 12.8. The molecule has 9 heteroatoms. The molecule has 2 aromatic heterocycles. The van der Waals surface area contributed by atoms with Crippen LogP contribution in [0.5, 0.6) is 5.75 Å². The first-order valence-corrected chi connectivity index (χ1v) is 12.1. The first kappa shape index (κ1) is 22.6. The number of ether oxygens (including phenoxy) is 2. The van der Waals surface area contributed by atoms with Crippen LogP contribution in [0.2, 0.25) is 0 Å². The number of benzene rings is 1. The van der Waals surface area contributed by atoms with Gasteiger partial charge in [-0.05, 0) is 63.8 Å². The zero-order chi connectivity index (χ0) is 23.7. The average Bonchev–Trinajstić information content (AvgIpc) is 3.51. The Morgan fingerprint density at radius 2 is 1.91 bits per heavy atom. The molecule has 0 saturated carbocycles. The van der Waals surface area contributed by atoms with Crippen LogP contribution in [0.3, 0.4) is 0 Å². The lowest BCUT2D eigenvalue weighted by Gasteiger charge is -2.32. The lowest BCUT2D eigenvalue weighted by molar-refractivity contribution is -0.126. The number of carbonyl (C=O) groups excluding carboxylic acids is 1. The predicted molar refractivity (Wildman–Crippen MR) is 130 cm³/mol. The number of anilines is 1. The molecular formula is C25H32N6O3. The summed E-state index contributed by atoms with van der Waals surface area (Å²) in [6.07, 6.45) is 3.85. The Bertz CT molecular complexity index is 1160. The van der Waals surface area contributed by atoms with Crippen molar-refractivity contribution in [3.8, 4) is 11.4 Å². The second-order valence-electron chi connectivity index (χ2n) is 9.17. The number of hydrogen-bond acceptors (Lipinski definition) is 7. The van der Waals surface area contributed by atoms with Crippen molar-refractivity contribution in [1.29, 1.82) is 0 Å². The summed E-state index contributed by atoms with van der Waals surface area (Å²) in [5.74, 6) is 1.75. The molecule has 9 nitrogen and oxygen atoms in total. The number of methoxy groups -OCH3 is 1. The fraction of sp³-hybridized carbons (Fsp3) is 0.520. The molecule has 0 radical (unpaired) electrons. The molecule has 0 bridgehead atoms. The van der Waals surface area contributed by atoms with Crippen LogP contribution in [0.25, 0.3) is 16.6 Å². The molecule has 2 aliphatic heterocycles. The predicted octanol–water partition coefficient (Wildman–Crippen LogP) is 2.95. The van der Waals surface area contributed by atoms with Gasteiger partial charge in [0.1, 0.15) is 11.3 Å². The fourth-order valence-electron chi connectivity index (χ4n) is 5.02. The number of nitrogens with zero attached hydrogens (tertiary/aromatic N) is 5. The molecule has 0 aliphatic carbocycles. The largest absolute Gasteiger partial charge is 0.497 e. The van der Waals surface area contributed by atoms with Crippen molar-refractivity contribution in [2.45, 2.75) is 45.6 Å². The van der Waals surface area contributed by atoms with Crippen LogP contribution in [0, 0.1) is 19.8 Å². The van der Waals surface area contributed by atoms with Crippen LogP contribution < -0.4 is 15.0 Å². The minimum atomic E-state index is 0.0187. The van der Waals surface area contributed by atoms with E-state index in [-0.39, 0.29) is 17.9 Å². The summed E-state index contributed by atoms with van der Waals surface area (Å²) in [5.41, 5.74) is 3.69. The Kier molecular flexibility index (Phi) is 6.36. The number of aryl methyl sites for hydroxylation is 2. The number of amides is 1. The Balaban J connectivity index is 1.33. The second kappa shape index (κ2) is 9.58. The standard InChI is InChI=1S/C25H32N6O3/c1-16-22-17(2)31(19-6-8-20(33-3)9-7-19)29-23(22)24(28-27-16)30-12-10-18(11-13-30)25(32)26-15-21-5-4-14-34-21/h6-9,18,21H,4-5,10-15H2,1-3H3,(H,26,32)/t21-/m0/s1. The monoisotopic (exact) mass is 464 g/mol. The topological polar surface area (TPSA) is 94.4 Å². The van der Waals surface area contributed by atoms with Gasteiger partial charge in [0, 0.05) is 32.2 Å². The number of aromatic nitrogens is 4. The Labute approximate surface area is 199 Å². The molecule has 0 unspecified atom stereocenters. The smallest absolute Gasteiger partial charge is 0.223 e. The van der Waals surface area contributed by atoms with Crippen LogP contribution in [0.1, 0.15) is 37.1 Å². The molecule has 2 saturated heterocycles. The van der Waals surface area contributed by atoms with Crippen molar-refractivity contribution >= 4 is 22.6 Å². The first-order valence-electron chi connectivity index (χ1n) is 12.1. The molecule has 5 rings (SSSR count). The lowest BCUT2D eigenvalue weighted by Crippen LogP contribution is -2.42. The second-order valence-corrected chi connectivity index (χ2v) is 9.17. The first-order chi connectivity index (χ1) is 16.5. The maximum atomic E-state index is 12.7. The summed E-state index contributed by atoms with van der Waals surface area (Å²) in [4.78, 5) is 14.9. The van der Waals surface area contributed by atoms with E-state index in [0.29, 0.717) is 6.54 Å². The normalized spacial score (nSPS) is 19.0. The van der Waals surface area contributed by atoms with Gasteiger partial charge in [0.25, 0.3) is 0 Å². The van der Waals surface area contributed by atoms with Gasteiger partial charge in [0.05, 0.1) is 35.7 Å². The van der Waals surface area contributed by atoms with E-state index >= 15 is 0 Å². The summed E-state index contributed by atoms with van der Waals surface area (Å²) in [5, 5.41) is 18.0. The Morgan fingerprint density at radius 3 is 2.59 bits per heavy atom. The van der Waals surface area contributed by atoms with Crippen molar-refractivity contribution in [2.24, 2.45) is 5.92 Å². The third-order valence-corrected chi connectivity index (χ3v) is 6.99. The van der Waals surface area contributed by atoms with E-state index in [2.05, 4.69) is 27.3 Å². The zero-order valence-corrected chi connectivity index (χ0v) is 20.1. The number of rotatable bonds is 6. The van der Waals surface area contributed by atoms with E-state index in [9.17, 15) is 4.79 Å². The third kappa shape index (κ3) is 4.32. The SMILES string of the molecule is COc1ccc(-n2nc3c(N4CCC(C(=O)NC[C@@H]5CCCO5)CC4)nnc(C)c3c2C)cc1. The maximum Gasteiger partial charge on any atom is 0.223 e. The van der Waals surface area contributed by atoms with Gasteiger partial charge in [-0.2, -0.15) is 10.2 Å². The molecule has 2 fully saturated rings. The van der Waals surface area contributed by atoms with E-state index in [1.165, 1.54) is 0 Å². The van der Waals surface area contributed by atoms with Crippen molar-refractivity contribution in [2.75, 3.05) is 38.3 Å². The molecule has 34 heavy (non-hydrogen) atoms. The highest BCUT2D eigenvalue weighted by atomic mass is 16.5. The molecule has 1 atom stereocenters. The molecular weight excluding hydrogens is 432 g/mol. The molecule has 2 aliphatic rings. The van der Waals surface area contributed by atoms with Crippen molar-refractivity contribution < 1.29 is 14.3 Å². The third-order valence-electron chi connectivity index (χ3n) is 6.99. The van der Waals surface area contributed by atoms with Crippen LogP contribution >= 0.6 is 0 Å². The van der Waals surface area contributed by atoms with E-state index in [4.69, 9.17) is 14.6 Å². The molecule has 1 N–H and O–H groups in total. The highest BCUT2D eigenvalue weighted by molar-refractivity contribution is 5.92. The summed E-state index contributed by atoms with van der Waals surface area (Å²) in [6, 6.07) is 7.85. The molecule has 180 valence electrons. The maximum absolute atomic E-state index is 12.7. The highest BCUT2D eigenvalue weighted by Crippen LogP contribution is 2.32. The fourth-order valence-corrected chi connectivity index (χ4v) is 5.02. The van der Waals surface area contributed by atoms with Gasteiger partial charge >= 0.3 is 0 Å². The van der Waals surface area contributed by atoms with Gasteiger partial charge in [-0.3, -0.25) is 4.79 Å². The average molecular weight is 465 g/mol. The van der Waals surface area contributed by atoms with Crippen LogP contribution in [-0.4, -0.2) is 65.3 Å². The van der Waals surface area contributed by atoms with Gasteiger partial charge in [-0.25, -0.2) is 4.68 Å². The van der Waals surface area contributed by atoms with Crippen molar-refractivity contribution in [1.82, 2.24) is 25.3 Å². The minimum absolute atomic E-state index is 0.0187. The molecule has 1 aromatic carbocycles.